The lowest BCUT2D eigenvalue weighted by molar-refractivity contribution is -0.152. The van der Waals surface area contributed by atoms with Crippen molar-refractivity contribution in [1.29, 1.82) is 0 Å². The van der Waals surface area contributed by atoms with Crippen molar-refractivity contribution in [1.82, 2.24) is 9.80 Å². The average Bonchev–Trinajstić information content (AvgIpc) is 2.58. The number of rotatable bonds is 3. The third kappa shape index (κ3) is 4.26. The number of carbonyl (C=O) groups is 2. The minimum atomic E-state index is -3.44. The molecule has 25 heavy (non-hydrogen) atoms. The number of amides is 1. The predicted molar refractivity (Wildman–Crippen MR) is 88.1 cm³/mol. The Bertz CT molecular complexity index is 770. The summed E-state index contributed by atoms with van der Waals surface area (Å²) in [5, 5.41) is 0. The smallest absolute Gasteiger partial charge is 0.340 e. The summed E-state index contributed by atoms with van der Waals surface area (Å²) in [4.78, 5) is 27.4. The molecule has 0 aromatic heterocycles. The van der Waals surface area contributed by atoms with Crippen molar-refractivity contribution < 1.29 is 27.5 Å². The van der Waals surface area contributed by atoms with Crippen LogP contribution in [-0.4, -0.2) is 80.6 Å². The molecule has 3 aliphatic rings. The molecule has 0 aromatic rings. The van der Waals surface area contributed by atoms with E-state index in [1.54, 1.807) is 9.80 Å². The van der Waals surface area contributed by atoms with Crippen LogP contribution in [0.2, 0.25) is 0 Å². The van der Waals surface area contributed by atoms with E-state index in [-0.39, 0.29) is 42.3 Å². The van der Waals surface area contributed by atoms with Crippen molar-refractivity contribution in [3.8, 4) is 0 Å². The third-order valence-corrected chi connectivity index (χ3v) is 5.14. The number of fused-ring (bicyclic) bond motifs is 1. The second-order valence-corrected chi connectivity index (χ2v) is 7.70. The van der Waals surface area contributed by atoms with Crippen LogP contribution in [0.25, 0.3) is 0 Å². The molecule has 10 heteroatoms. The van der Waals surface area contributed by atoms with Gasteiger partial charge >= 0.3 is 5.97 Å². The summed E-state index contributed by atoms with van der Waals surface area (Å²) in [6.07, 6.45) is 4.32. The van der Waals surface area contributed by atoms with Crippen molar-refractivity contribution in [2.45, 2.75) is 13.0 Å². The van der Waals surface area contributed by atoms with E-state index in [4.69, 9.17) is 9.47 Å². The molecule has 0 N–H and O–H groups in total. The fraction of sp³-hybridized carbons (Fsp3) is 0.533. The van der Waals surface area contributed by atoms with Crippen molar-refractivity contribution in [2.24, 2.45) is 4.40 Å². The highest BCUT2D eigenvalue weighted by atomic mass is 32.2. The van der Waals surface area contributed by atoms with Crippen LogP contribution in [0.4, 0.5) is 0 Å². The van der Waals surface area contributed by atoms with Crippen molar-refractivity contribution in [3.63, 3.8) is 0 Å². The van der Waals surface area contributed by atoms with Gasteiger partial charge in [-0.2, -0.15) is 0 Å². The summed E-state index contributed by atoms with van der Waals surface area (Å²) < 4.78 is 37.0. The van der Waals surface area contributed by atoms with Gasteiger partial charge < -0.3 is 19.3 Å². The molecule has 1 atom stereocenters. The summed E-state index contributed by atoms with van der Waals surface area (Å²) in [6.45, 7) is 3.17. The van der Waals surface area contributed by atoms with Gasteiger partial charge in [-0.05, 0) is 19.1 Å². The molecule has 136 valence electrons. The highest BCUT2D eigenvalue weighted by Gasteiger charge is 2.26. The van der Waals surface area contributed by atoms with E-state index in [9.17, 15) is 18.0 Å². The number of amidine groups is 1. The van der Waals surface area contributed by atoms with Gasteiger partial charge in [0.1, 0.15) is 5.84 Å². The van der Waals surface area contributed by atoms with Crippen molar-refractivity contribution in [2.75, 3.05) is 38.6 Å². The lowest BCUT2D eigenvalue weighted by Gasteiger charge is -2.31. The van der Waals surface area contributed by atoms with E-state index in [0.29, 0.717) is 19.7 Å². The van der Waals surface area contributed by atoms with Gasteiger partial charge in [0.2, 0.25) is 0 Å². The molecule has 0 bridgehead atoms. The summed E-state index contributed by atoms with van der Waals surface area (Å²) in [6, 6.07) is 0. The molecule has 1 unspecified atom stereocenters. The fourth-order valence-electron chi connectivity index (χ4n) is 2.67. The second kappa shape index (κ2) is 6.96. The van der Waals surface area contributed by atoms with Crippen LogP contribution in [0.1, 0.15) is 6.92 Å². The Kier molecular flexibility index (Phi) is 4.91. The molecule has 3 heterocycles. The van der Waals surface area contributed by atoms with Gasteiger partial charge in [-0.25, -0.2) is 13.2 Å². The Morgan fingerprint density at radius 3 is 2.92 bits per heavy atom. The molecule has 0 spiro atoms. The molecule has 1 amide bonds. The number of morpholine rings is 1. The first-order valence-electron chi connectivity index (χ1n) is 7.90. The van der Waals surface area contributed by atoms with Crippen LogP contribution in [-0.2, 0) is 29.1 Å². The zero-order chi connectivity index (χ0) is 18.0. The van der Waals surface area contributed by atoms with Gasteiger partial charge in [0.25, 0.3) is 15.9 Å². The molecule has 1 saturated heterocycles. The summed E-state index contributed by atoms with van der Waals surface area (Å²) in [7, 11) is -3.44. The fourth-order valence-corrected chi connectivity index (χ4v) is 3.64. The van der Waals surface area contributed by atoms with E-state index in [2.05, 4.69) is 4.40 Å². The standard InChI is InChI=1S/C15H19N3O6S/c1-11-8-18(4-6-23-11)14(19)10-24-15(20)12-2-3-13-16-25(21,22)7-5-17(13)9-12/h2-3,9,11H,4-8,10H2,1H3. The van der Waals surface area contributed by atoms with Crippen LogP contribution in [0.3, 0.4) is 0 Å². The van der Waals surface area contributed by atoms with Crippen LogP contribution in [0.5, 0.6) is 0 Å². The summed E-state index contributed by atoms with van der Waals surface area (Å²) in [5.74, 6) is -0.758. The lowest BCUT2D eigenvalue weighted by atomic mass is 10.2. The van der Waals surface area contributed by atoms with Gasteiger partial charge in [0.05, 0.1) is 24.0 Å². The number of nitrogens with zero attached hydrogens (tertiary/aromatic N) is 3. The molecule has 0 saturated carbocycles. The van der Waals surface area contributed by atoms with Crippen LogP contribution in [0, 0.1) is 0 Å². The minimum absolute atomic E-state index is 0.0366. The Hall–Kier alpha value is -2.20. The van der Waals surface area contributed by atoms with Gasteiger partial charge in [-0.1, -0.05) is 0 Å². The Morgan fingerprint density at radius 2 is 2.16 bits per heavy atom. The monoisotopic (exact) mass is 369 g/mol. The third-order valence-electron chi connectivity index (χ3n) is 3.98. The maximum absolute atomic E-state index is 12.1. The zero-order valence-corrected chi connectivity index (χ0v) is 14.6. The van der Waals surface area contributed by atoms with Crippen LogP contribution < -0.4 is 0 Å². The Labute approximate surface area is 145 Å². The topological polar surface area (TPSA) is 106 Å². The van der Waals surface area contributed by atoms with E-state index >= 15 is 0 Å². The zero-order valence-electron chi connectivity index (χ0n) is 13.8. The minimum Gasteiger partial charge on any atom is -0.452 e. The van der Waals surface area contributed by atoms with Gasteiger partial charge in [-0.3, -0.25) is 4.79 Å². The van der Waals surface area contributed by atoms with E-state index < -0.39 is 16.0 Å². The number of hydrogen-bond donors (Lipinski definition) is 0. The molecular weight excluding hydrogens is 350 g/mol. The lowest BCUT2D eigenvalue weighted by Crippen LogP contribution is -2.46. The van der Waals surface area contributed by atoms with Gasteiger partial charge in [-0.15, -0.1) is 4.40 Å². The largest absolute Gasteiger partial charge is 0.452 e. The maximum Gasteiger partial charge on any atom is 0.340 e. The predicted octanol–water partition coefficient (Wildman–Crippen LogP) is -0.725. The first-order chi connectivity index (χ1) is 11.8. The van der Waals surface area contributed by atoms with Crippen LogP contribution in [0.15, 0.2) is 28.3 Å². The van der Waals surface area contributed by atoms with Gasteiger partial charge in [0, 0.05) is 25.8 Å². The normalized spacial score (nSPS) is 24.9. The summed E-state index contributed by atoms with van der Waals surface area (Å²) >= 11 is 0. The molecule has 0 aromatic carbocycles. The first-order valence-corrected chi connectivity index (χ1v) is 9.51. The van der Waals surface area contributed by atoms with Gasteiger partial charge in [0.15, 0.2) is 6.61 Å². The SMILES string of the molecule is CC1CN(C(=O)COC(=O)C2=CN3CCS(=O)(=O)N=C3C=C2)CCO1. The number of ether oxygens (including phenoxy) is 2. The molecular formula is C15H19N3O6S. The van der Waals surface area contributed by atoms with Crippen molar-refractivity contribution in [3.05, 3.63) is 23.9 Å². The quantitative estimate of drug-likeness (QED) is 0.604. The molecule has 3 aliphatic heterocycles. The molecule has 9 nitrogen and oxygen atoms in total. The number of sulfonamides is 1. The Balaban J connectivity index is 1.57. The van der Waals surface area contributed by atoms with E-state index in [1.807, 2.05) is 6.92 Å². The number of hydrogen-bond acceptors (Lipinski definition) is 7. The molecule has 0 radical (unpaired) electrons. The highest BCUT2D eigenvalue weighted by Crippen LogP contribution is 2.16. The second-order valence-electron chi connectivity index (χ2n) is 5.94. The number of esters is 1. The number of carbonyl (C=O) groups excluding carboxylic acids is 2. The van der Waals surface area contributed by atoms with E-state index in [1.165, 1.54) is 18.4 Å². The maximum atomic E-state index is 12.1. The Morgan fingerprint density at radius 1 is 1.36 bits per heavy atom. The highest BCUT2D eigenvalue weighted by molar-refractivity contribution is 7.90. The van der Waals surface area contributed by atoms with E-state index in [0.717, 1.165) is 0 Å². The van der Waals surface area contributed by atoms with Crippen LogP contribution >= 0.6 is 0 Å². The average molecular weight is 369 g/mol. The molecule has 0 aliphatic carbocycles. The molecule has 3 rings (SSSR count). The first kappa shape index (κ1) is 17.6. The summed E-state index contributed by atoms with van der Waals surface area (Å²) in [5.41, 5.74) is 0.237. The molecule has 1 fully saturated rings. The van der Waals surface area contributed by atoms with Crippen molar-refractivity contribution >= 4 is 27.7 Å².